The zero-order chi connectivity index (χ0) is 23.0. The van der Waals surface area contributed by atoms with Gasteiger partial charge in [-0.2, -0.15) is 5.10 Å². The summed E-state index contributed by atoms with van der Waals surface area (Å²) in [7, 11) is 1.54. The van der Waals surface area contributed by atoms with Crippen LogP contribution >= 0.6 is 0 Å². The van der Waals surface area contributed by atoms with Gasteiger partial charge in [0.15, 0.2) is 6.61 Å². The quantitative estimate of drug-likeness (QED) is 0.592. The molecule has 1 aromatic carbocycles. The van der Waals surface area contributed by atoms with E-state index in [2.05, 4.69) is 29.6 Å². The van der Waals surface area contributed by atoms with E-state index in [0.717, 1.165) is 23.5 Å². The number of hydrogen-bond acceptors (Lipinski definition) is 6. The maximum absolute atomic E-state index is 12.0. The summed E-state index contributed by atoms with van der Waals surface area (Å²) in [6, 6.07) is 5.91. The van der Waals surface area contributed by atoms with Crippen LogP contribution in [-0.4, -0.2) is 41.4 Å². The Morgan fingerprint density at radius 1 is 1.13 bits per heavy atom. The fourth-order valence-electron chi connectivity index (χ4n) is 3.06. The van der Waals surface area contributed by atoms with Gasteiger partial charge in [0.25, 0.3) is 5.91 Å². The van der Waals surface area contributed by atoms with Crippen LogP contribution in [0.25, 0.3) is 0 Å². The molecule has 0 atom stereocenters. The number of carbonyl (C=O) groups excluding carboxylic acids is 3. The predicted octanol–water partition coefficient (Wildman–Crippen LogP) is 2.99. The second-order valence-corrected chi connectivity index (χ2v) is 7.62. The highest BCUT2D eigenvalue weighted by molar-refractivity contribution is 6.01. The van der Waals surface area contributed by atoms with Crippen LogP contribution in [0.2, 0.25) is 0 Å². The summed E-state index contributed by atoms with van der Waals surface area (Å²) in [4.78, 5) is 35.7. The third-order valence-electron chi connectivity index (χ3n) is 4.61. The van der Waals surface area contributed by atoms with E-state index in [0.29, 0.717) is 23.8 Å². The van der Waals surface area contributed by atoms with E-state index < -0.39 is 24.5 Å². The number of rotatable bonds is 9. The number of esters is 1. The molecule has 0 spiro atoms. The van der Waals surface area contributed by atoms with E-state index >= 15 is 0 Å². The van der Waals surface area contributed by atoms with E-state index in [1.54, 1.807) is 24.3 Å². The molecular formula is C22H30N4O5. The highest BCUT2D eigenvalue weighted by Crippen LogP contribution is 2.17. The van der Waals surface area contributed by atoms with Gasteiger partial charge in [0.2, 0.25) is 0 Å². The maximum atomic E-state index is 12.0. The Morgan fingerprint density at radius 3 is 2.42 bits per heavy atom. The zero-order valence-electron chi connectivity index (χ0n) is 18.7. The summed E-state index contributed by atoms with van der Waals surface area (Å²) in [5.74, 6) is -0.111. The molecule has 2 rings (SSSR count). The number of aromatic nitrogens is 2. The first-order valence-electron chi connectivity index (χ1n) is 10.1. The number of carbonyl (C=O) groups is 3. The first-order chi connectivity index (χ1) is 14.7. The SMILES string of the molecule is COc1ccc(NC(=O)NC(=O)COC(=O)CCc2c(C)nn(CC(C)C)c2C)cc1. The molecule has 0 fully saturated rings. The van der Waals surface area contributed by atoms with Gasteiger partial charge in [-0.15, -0.1) is 0 Å². The predicted molar refractivity (Wildman–Crippen MR) is 116 cm³/mol. The fourth-order valence-corrected chi connectivity index (χ4v) is 3.06. The monoisotopic (exact) mass is 430 g/mol. The Labute approximate surface area is 182 Å². The lowest BCUT2D eigenvalue weighted by Crippen LogP contribution is -2.37. The topological polar surface area (TPSA) is 112 Å². The minimum Gasteiger partial charge on any atom is -0.497 e. The Balaban J connectivity index is 1.75. The number of ether oxygens (including phenoxy) is 2. The molecule has 3 amide bonds. The molecule has 1 heterocycles. The van der Waals surface area contributed by atoms with E-state index in [9.17, 15) is 14.4 Å². The van der Waals surface area contributed by atoms with Gasteiger partial charge in [-0.05, 0) is 56.0 Å². The summed E-state index contributed by atoms with van der Waals surface area (Å²) in [5, 5.41) is 9.15. The van der Waals surface area contributed by atoms with E-state index in [4.69, 9.17) is 9.47 Å². The van der Waals surface area contributed by atoms with Crippen molar-refractivity contribution in [1.29, 1.82) is 0 Å². The van der Waals surface area contributed by atoms with Crippen molar-refractivity contribution in [2.45, 2.75) is 47.1 Å². The van der Waals surface area contributed by atoms with Crippen LogP contribution in [0.5, 0.6) is 5.75 Å². The Morgan fingerprint density at radius 2 is 1.81 bits per heavy atom. The second kappa shape index (κ2) is 11.1. The molecular weight excluding hydrogens is 400 g/mol. The molecule has 0 aliphatic carbocycles. The molecule has 2 aromatic rings. The fraction of sp³-hybridized carbons (Fsp3) is 0.455. The smallest absolute Gasteiger partial charge is 0.325 e. The molecule has 0 bridgehead atoms. The van der Waals surface area contributed by atoms with E-state index in [-0.39, 0.29) is 6.42 Å². The summed E-state index contributed by atoms with van der Waals surface area (Å²) in [6.45, 7) is 8.43. The average molecular weight is 431 g/mol. The Kier molecular flexibility index (Phi) is 8.60. The van der Waals surface area contributed by atoms with Gasteiger partial charge in [-0.3, -0.25) is 19.6 Å². The molecule has 0 unspecified atom stereocenters. The van der Waals surface area contributed by atoms with Gasteiger partial charge in [0.1, 0.15) is 5.75 Å². The van der Waals surface area contributed by atoms with Crippen molar-refractivity contribution < 1.29 is 23.9 Å². The summed E-state index contributed by atoms with van der Waals surface area (Å²) in [5.41, 5.74) is 3.43. The van der Waals surface area contributed by atoms with Crippen molar-refractivity contribution >= 4 is 23.6 Å². The molecule has 0 saturated heterocycles. The number of nitrogens with zero attached hydrogens (tertiary/aromatic N) is 2. The highest BCUT2D eigenvalue weighted by Gasteiger charge is 2.16. The van der Waals surface area contributed by atoms with Crippen molar-refractivity contribution in [2.75, 3.05) is 19.0 Å². The minimum atomic E-state index is -0.713. The molecule has 0 aliphatic rings. The van der Waals surface area contributed by atoms with Crippen molar-refractivity contribution in [2.24, 2.45) is 5.92 Å². The lowest BCUT2D eigenvalue weighted by molar-refractivity contribution is -0.148. The number of benzene rings is 1. The van der Waals surface area contributed by atoms with Gasteiger partial charge >= 0.3 is 12.0 Å². The zero-order valence-corrected chi connectivity index (χ0v) is 18.7. The standard InChI is InChI=1S/C22H30N4O5/c1-14(2)12-26-16(4)19(15(3)25-26)10-11-21(28)31-13-20(27)24-22(29)23-17-6-8-18(30-5)9-7-17/h6-9,14H,10-13H2,1-5H3,(H2,23,24,27,29). The molecule has 1 aromatic heterocycles. The van der Waals surface area contributed by atoms with Crippen LogP contribution in [0.15, 0.2) is 24.3 Å². The number of nitrogens with one attached hydrogen (secondary N) is 2. The van der Waals surface area contributed by atoms with Crippen molar-refractivity contribution in [3.63, 3.8) is 0 Å². The molecule has 9 nitrogen and oxygen atoms in total. The van der Waals surface area contributed by atoms with Gasteiger partial charge in [-0.25, -0.2) is 4.79 Å². The summed E-state index contributed by atoms with van der Waals surface area (Å²) < 4.78 is 12.0. The third-order valence-corrected chi connectivity index (χ3v) is 4.61. The van der Waals surface area contributed by atoms with Crippen molar-refractivity contribution in [3.05, 3.63) is 41.2 Å². The molecule has 9 heteroatoms. The first-order valence-corrected chi connectivity index (χ1v) is 10.1. The summed E-state index contributed by atoms with van der Waals surface area (Å²) >= 11 is 0. The van der Waals surface area contributed by atoms with E-state index in [1.165, 1.54) is 7.11 Å². The lowest BCUT2D eigenvalue weighted by atomic mass is 10.1. The van der Waals surface area contributed by atoms with Crippen LogP contribution in [0.3, 0.4) is 0 Å². The number of hydrogen-bond donors (Lipinski definition) is 2. The van der Waals surface area contributed by atoms with Crippen LogP contribution in [-0.2, 0) is 27.3 Å². The number of imide groups is 1. The lowest BCUT2D eigenvalue weighted by Gasteiger charge is -2.09. The number of anilines is 1. The third kappa shape index (κ3) is 7.44. The number of aryl methyl sites for hydroxylation is 1. The minimum absolute atomic E-state index is 0.125. The van der Waals surface area contributed by atoms with Crippen LogP contribution in [0.1, 0.15) is 37.2 Å². The maximum Gasteiger partial charge on any atom is 0.325 e. The number of methoxy groups -OCH3 is 1. The van der Waals surface area contributed by atoms with Gasteiger partial charge < -0.3 is 14.8 Å². The summed E-state index contributed by atoms with van der Waals surface area (Å²) in [6.07, 6.45) is 0.606. The Bertz CT molecular complexity index is 919. The highest BCUT2D eigenvalue weighted by atomic mass is 16.5. The molecule has 2 N–H and O–H groups in total. The van der Waals surface area contributed by atoms with Crippen molar-refractivity contribution in [1.82, 2.24) is 15.1 Å². The second-order valence-electron chi connectivity index (χ2n) is 7.62. The molecule has 168 valence electrons. The Hall–Kier alpha value is -3.36. The first kappa shape index (κ1) is 23.9. The van der Waals surface area contributed by atoms with Crippen molar-refractivity contribution in [3.8, 4) is 5.75 Å². The van der Waals surface area contributed by atoms with Crippen LogP contribution in [0.4, 0.5) is 10.5 Å². The number of amides is 3. The largest absolute Gasteiger partial charge is 0.497 e. The van der Waals surface area contributed by atoms with Gasteiger partial charge in [0.05, 0.1) is 12.8 Å². The van der Waals surface area contributed by atoms with Crippen LogP contribution in [0, 0.1) is 19.8 Å². The molecule has 31 heavy (non-hydrogen) atoms. The van der Waals surface area contributed by atoms with Gasteiger partial charge in [-0.1, -0.05) is 13.8 Å². The normalized spacial score (nSPS) is 10.6. The average Bonchev–Trinajstić information content (AvgIpc) is 2.97. The molecule has 0 saturated carbocycles. The number of urea groups is 1. The molecule has 0 radical (unpaired) electrons. The van der Waals surface area contributed by atoms with E-state index in [1.807, 2.05) is 18.5 Å². The van der Waals surface area contributed by atoms with Gasteiger partial charge in [0, 0.05) is 24.3 Å². The molecule has 0 aliphatic heterocycles. The van der Waals surface area contributed by atoms with Crippen LogP contribution < -0.4 is 15.4 Å².